The number of aliphatic hydroxyl groups is 1. The molecule has 1 atom stereocenters. The van der Waals surface area contributed by atoms with Crippen LogP contribution < -0.4 is 5.32 Å². The van der Waals surface area contributed by atoms with Gasteiger partial charge in [0.15, 0.2) is 0 Å². The molecule has 0 spiro atoms. The molecule has 1 aromatic rings. The maximum atomic E-state index is 10.0. The first-order chi connectivity index (χ1) is 8.09. The number of nitrogens with one attached hydrogen (secondary N) is 1. The van der Waals surface area contributed by atoms with Gasteiger partial charge in [0, 0.05) is 31.2 Å². The first-order valence-corrected chi connectivity index (χ1v) is 7.40. The minimum atomic E-state index is -0.651. The van der Waals surface area contributed by atoms with Gasteiger partial charge in [-0.25, -0.2) is 4.98 Å². The average molecular weight is 257 g/mol. The number of nitrogens with zero attached hydrogens (tertiary/aromatic N) is 2. The Labute approximate surface area is 108 Å². The molecule has 0 saturated carbocycles. The molecule has 1 heterocycles. The molecule has 0 aliphatic rings. The van der Waals surface area contributed by atoms with Crippen molar-refractivity contribution < 1.29 is 5.11 Å². The number of imidazole rings is 1. The van der Waals surface area contributed by atoms with Crippen LogP contribution >= 0.6 is 11.8 Å². The molecule has 4 nitrogen and oxygen atoms in total. The molecule has 1 unspecified atom stereocenters. The van der Waals surface area contributed by atoms with Gasteiger partial charge in [-0.1, -0.05) is 6.92 Å². The highest BCUT2D eigenvalue weighted by molar-refractivity contribution is 7.98. The molecule has 0 aromatic carbocycles. The van der Waals surface area contributed by atoms with Gasteiger partial charge in [0.05, 0.1) is 12.1 Å². The summed E-state index contributed by atoms with van der Waals surface area (Å²) in [6.07, 6.45) is 6.93. The summed E-state index contributed by atoms with van der Waals surface area (Å²) in [7, 11) is 0. The van der Waals surface area contributed by atoms with Gasteiger partial charge >= 0.3 is 0 Å². The van der Waals surface area contributed by atoms with Crippen LogP contribution in [0.4, 0.5) is 0 Å². The first-order valence-electron chi connectivity index (χ1n) is 6.01. The van der Waals surface area contributed by atoms with E-state index >= 15 is 0 Å². The normalized spacial score (nSPS) is 14.8. The van der Waals surface area contributed by atoms with E-state index in [0.717, 1.165) is 24.5 Å². The molecule has 0 amide bonds. The predicted molar refractivity (Wildman–Crippen MR) is 73.2 cm³/mol. The average Bonchev–Trinajstić information content (AvgIpc) is 2.66. The summed E-state index contributed by atoms with van der Waals surface area (Å²) in [6, 6.07) is 0. The van der Waals surface area contributed by atoms with E-state index in [-0.39, 0.29) is 0 Å². The lowest BCUT2D eigenvalue weighted by Gasteiger charge is -2.22. The lowest BCUT2D eigenvalue weighted by atomic mass is 10.1. The van der Waals surface area contributed by atoms with Gasteiger partial charge in [0.1, 0.15) is 5.82 Å². The second kappa shape index (κ2) is 7.03. The molecule has 1 rings (SSSR count). The van der Waals surface area contributed by atoms with Crippen molar-refractivity contribution in [1.82, 2.24) is 14.9 Å². The standard InChI is InChI=1S/C12H23N3OS/c1-4-6-15-7-5-14-11(15)8-13-9-12(2,16)10-17-3/h5,7,13,16H,4,6,8-10H2,1-3H3. The van der Waals surface area contributed by atoms with E-state index in [1.807, 2.05) is 25.6 Å². The molecule has 98 valence electrons. The summed E-state index contributed by atoms with van der Waals surface area (Å²) >= 11 is 1.66. The van der Waals surface area contributed by atoms with Crippen LogP contribution in [0, 0.1) is 0 Å². The van der Waals surface area contributed by atoms with E-state index in [0.29, 0.717) is 13.1 Å². The SMILES string of the molecule is CCCn1ccnc1CNCC(C)(O)CSC. The third kappa shape index (κ3) is 5.10. The highest BCUT2D eigenvalue weighted by atomic mass is 32.2. The van der Waals surface area contributed by atoms with Gasteiger partial charge in [-0.05, 0) is 19.6 Å². The summed E-state index contributed by atoms with van der Waals surface area (Å²) in [5.41, 5.74) is -0.651. The first kappa shape index (κ1) is 14.5. The summed E-state index contributed by atoms with van der Waals surface area (Å²) in [5.74, 6) is 1.77. The lowest BCUT2D eigenvalue weighted by Crippen LogP contribution is -2.40. The van der Waals surface area contributed by atoms with Crippen LogP contribution in [-0.2, 0) is 13.1 Å². The number of hydrogen-bond donors (Lipinski definition) is 2. The lowest BCUT2D eigenvalue weighted by molar-refractivity contribution is 0.0843. The van der Waals surface area contributed by atoms with Gasteiger partial charge in [0.25, 0.3) is 0 Å². The zero-order valence-electron chi connectivity index (χ0n) is 10.9. The van der Waals surface area contributed by atoms with Gasteiger partial charge < -0.3 is 15.0 Å². The molecule has 0 bridgehead atoms. The molecule has 5 heteroatoms. The Morgan fingerprint density at radius 2 is 2.35 bits per heavy atom. The van der Waals surface area contributed by atoms with Crippen molar-refractivity contribution in [3.05, 3.63) is 18.2 Å². The van der Waals surface area contributed by atoms with E-state index in [4.69, 9.17) is 0 Å². The summed E-state index contributed by atoms with van der Waals surface area (Å²) in [4.78, 5) is 4.31. The molecule has 0 aliphatic heterocycles. The fraction of sp³-hybridized carbons (Fsp3) is 0.750. The Kier molecular flexibility index (Phi) is 6.02. The fourth-order valence-corrected chi connectivity index (χ4v) is 2.48. The Morgan fingerprint density at radius 3 is 3.00 bits per heavy atom. The van der Waals surface area contributed by atoms with Gasteiger partial charge in [0.2, 0.25) is 0 Å². The second-order valence-electron chi connectivity index (χ2n) is 4.57. The maximum Gasteiger partial charge on any atom is 0.122 e. The van der Waals surface area contributed by atoms with Crippen LogP contribution in [-0.4, -0.2) is 38.8 Å². The van der Waals surface area contributed by atoms with Crippen molar-refractivity contribution in [2.24, 2.45) is 0 Å². The Hall–Kier alpha value is -0.520. The summed E-state index contributed by atoms with van der Waals surface area (Å²) in [6.45, 7) is 6.30. The number of hydrogen-bond acceptors (Lipinski definition) is 4. The second-order valence-corrected chi connectivity index (χ2v) is 5.44. The highest BCUT2D eigenvalue weighted by Crippen LogP contribution is 2.09. The number of aryl methyl sites for hydroxylation is 1. The van der Waals surface area contributed by atoms with Crippen LogP contribution in [0.5, 0.6) is 0 Å². The van der Waals surface area contributed by atoms with Crippen LogP contribution in [0.15, 0.2) is 12.4 Å². The monoisotopic (exact) mass is 257 g/mol. The Balaban J connectivity index is 2.37. The topological polar surface area (TPSA) is 50.1 Å². The van der Waals surface area contributed by atoms with Gasteiger partial charge in [-0.2, -0.15) is 11.8 Å². The predicted octanol–water partition coefficient (Wildman–Crippen LogP) is 1.50. The molecular weight excluding hydrogens is 234 g/mol. The minimum absolute atomic E-state index is 0.590. The van der Waals surface area contributed by atoms with E-state index in [2.05, 4.69) is 21.8 Å². The third-order valence-corrected chi connectivity index (χ3v) is 3.42. The van der Waals surface area contributed by atoms with Crippen LogP contribution in [0.2, 0.25) is 0 Å². The van der Waals surface area contributed by atoms with Crippen molar-refractivity contribution in [2.75, 3.05) is 18.6 Å². The molecule has 0 aliphatic carbocycles. The minimum Gasteiger partial charge on any atom is -0.388 e. The molecule has 0 radical (unpaired) electrons. The summed E-state index contributed by atoms with van der Waals surface area (Å²) < 4.78 is 2.15. The molecular formula is C12H23N3OS. The fourth-order valence-electron chi connectivity index (χ4n) is 1.76. The highest BCUT2D eigenvalue weighted by Gasteiger charge is 2.18. The smallest absolute Gasteiger partial charge is 0.122 e. The van der Waals surface area contributed by atoms with E-state index in [9.17, 15) is 5.11 Å². The zero-order chi connectivity index (χ0) is 12.7. The molecule has 0 fully saturated rings. The molecule has 2 N–H and O–H groups in total. The number of rotatable bonds is 8. The largest absolute Gasteiger partial charge is 0.388 e. The molecule has 17 heavy (non-hydrogen) atoms. The third-order valence-electron chi connectivity index (χ3n) is 2.51. The molecule has 1 aromatic heterocycles. The van der Waals surface area contributed by atoms with E-state index in [1.165, 1.54) is 0 Å². The van der Waals surface area contributed by atoms with Crippen LogP contribution in [0.3, 0.4) is 0 Å². The van der Waals surface area contributed by atoms with Crippen molar-refractivity contribution in [2.45, 2.75) is 39.0 Å². The number of aromatic nitrogens is 2. The van der Waals surface area contributed by atoms with Crippen molar-refractivity contribution >= 4 is 11.8 Å². The van der Waals surface area contributed by atoms with E-state index in [1.54, 1.807) is 11.8 Å². The van der Waals surface area contributed by atoms with Crippen LogP contribution in [0.1, 0.15) is 26.1 Å². The Bertz CT molecular complexity index is 325. The quantitative estimate of drug-likeness (QED) is 0.741. The van der Waals surface area contributed by atoms with Crippen molar-refractivity contribution in [3.8, 4) is 0 Å². The molecule has 0 saturated heterocycles. The summed E-state index contributed by atoms with van der Waals surface area (Å²) in [5, 5.41) is 13.3. The van der Waals surface area contributed by atoms with E-state index < -0.39 is 5.60 Å². The maximum absolute atomic E-state index is 10.0. The van der Waals surface area contributed by atoms with Gasteiger partial charge in [-0.15, -0.1) is 0 Å². The van der Waals surface area contributed by atoms with Crippen molar-refractivity contribution in [1.29, 1.82) is 0 Å². The van der Waals surface area contributed by atoms with Crippen LogP contribution in [0.25, 0.3) is 0 Å². The van der Waals surface area contributed by atoms with Gasteiger partial charge in [-0.3, -0.25) is 0 Å². The zero-order valence-corrected chi connectivity index (χ0v) is 11.8. The van der Waals surface area contributed by atoms with Crippen molar-refractivity contribution in [3.63, 3.8) is 0 Å². The number of thioether (sulfide) groups is 1. The Morgan fingerprint density at radius 1 is 1.59 bits per heavy atom.